The van der Waals surface area contributed by atoms with Crippen molar-refractivity contribution >= 4 is 17.3 Å². The number of anilines is 2. The van der Waals surface area contributed by atoms with Crippen molar-refractivity contribution in [2.45, 2.75) is 38.1 Å². The van der Waals surface area contributed by atoms with E-state index in [4.69, 9.17) is 9.47 Å². The maximum Gasteiger partial charge on any atom is 0.238 e. The second-order valence-corrected chi connectivity index (χ2v) is 8.67. The van der Waals surface area contributed by atoms with E-state index in [0.29, 0.717) is 19.8 Å². The fourth-order valence-corrected chi connectivity index (χ4v) is 4.90. The normalized spacial score (nSPS) is 21.2. The second-order valence-electron chi connectivity index (χ2n) is 8.67. The van der Waals surface area contributed by atoms with Crippen LogP contribution in [0.5, 0.6) is 11.5 Å². The number of rotatable bonds is 5. The van der Waals surface area contributed by atoms with E-state index in [9.17, 15) is 4.79 Å². The molecule has 0 radical (unpaired) electrons. The van der Waals surface area contributed by atoms with Gasteiger partial charge in [0.15, 0.2) is 11.5 Å². The number of carbonyl (C=O) groups is 1. The molecular formula is C25H31N3O3. The molecule has 2 fully saturated rings. The van der Waals surface area contributed by atoms with Crippen LogP contribution in [-0.4, -0.2) is 50.2 Å². The lowest BCUT2D eigenvalue weighted by Crippen LogP contribution is -2.33. The fourth-order valence-electron chi connectivity index (χ4n) is 4.90. The third-order valence-corrected chi connectivity index (χ3v) is 6.49. The van der Waals surface area contributed by atoms with Gasteiger partial charge in [0, 0.05) is 36.9 Å². The minimum absolute atomic E-state index is 0.0372. The van der Waals surface area contributed by atoms with E-state index >= 15 is 0 Å². The van der Waals surface area contributed by atoms with Gasteiger partial charge >= 0.3 is 0 Å². The fraction of sp³-hybridized carbons (Fsp3) is 0.480. The highest BCUT2D eigenvalue weighted by Gasteiger charge is 2.28. The van der Waals surface area contributed by atoms with Crippen LogP contribution in [0.15, 0.2) is 42.5 Å². The van der Waals surface area contributed by atoms with Gasteiger partial charge in [0.25, 0.3) is 0 Å². The van der Waals surface area contributed by atoms with Crippen molar-refractivity contribution in [1.82, 2.24) is 4.90 Å². The van der Waals surface area contributed by atoms with Crippen LogP contribution in [0.4, 0.5) is 11.4 Å². The van der Waals surface area contributed by atoms with Crippen LogP contribution in [-0.2, 0) is 4.79 Å². The van der Waals surface area contributed by atoms with Crippen molar-refractivity contribution in [1.29, 1.82) is 0 Å². The summed E-state index contributed by atoms with van der Waals surface area (Å²) in [5.74, 6) is 1.68. The molecular weight excluding hydrogens is 390 g/mol. The Morgan fingerprint density at radius 1 is 0.903 bits per heavy atom. The number of nitrogens with zero attached hydrogens (tertiary/aromatic N) is 2. The van der Waals surface area contributed by atoms with Crippen molar-refractivity contribution in [3.05, 3.63) is 48.0 Å². The van der Waals surface area contributed by atoms with Gasteiger partial charge in [-0.15, -0.1) is 0 Å². The summed E-state index contributed by atoms with van der Waals surface area (Å²) in [6.07, 6.45) is 5.57. The molecule has 31 heavy (non-hydrogen) atoms. The highest BCUT2D eigenvalue weighted by Crippen LogP contribution is 2.37. The van der Waals surface area contributed by atoms with Gasteiger partial charge in [0.2, 0.25) is 5.91 Å². The van der Waals surface area contributed by atoms with E-state index in [1.165, 1.54) is 24.1 Å². The molecule has 164 valence electrons. The highest BCUT2D eigenvalue weighted by molar-refractivity contribution is 5.92. The summed E-state index contributed by atoms with van der Waals surface area (Å²) in [5, 5.41) is 3.07. The third kappa shape index (κ3) is 4.64. The van der Waals surface area contributed by atoms with Gasteiger partial charge < -0.3 is 19.7 Å². The van der Waals surface area contributed by atoms with Crippen molar-refractivity contribution in [2.24, 2.45) is 0 Å². The Labute approximate surface area is 184 Å². The molecule has 2 aromatic rings. The molecule has 2 aromatic carbocycles. The summed E-state index contributed by atoms with van der Waals surface area (Å²) in [6.45, 7) is 4.96. The lowest BCUT2D eigenvalue weighted by Gasteiger charge is -2.25. The van der Waals surface area contributed by atoms with Crippen LogP contribution < -0.4 is 19.7 Å². The van der Waals surface area contributed by atoms with Crippen molar-refractivity contribution < 1.29 is 14.3 Å². The van der Waals surface area contributed by atoms with Gasteiger partial charge in [-0.1, -0.05) is 6.07 Å². The Morgan fingerprint density at radius 2 is 1.68 bits per heavy atom. The third-order valence-electron chi connectivity index (χ3n) is 6.49. The van der Waals surface area contributed by atoms with Gasteiger partial charge in [-0.05, 0) is 74.2 Å². The Bertz CT molecular complexity index is 909. The van der Waals surface area contributed by atoms with Crippen LogP contribution in [0.3, 0.4) is 0 Å². The predicted molar refractivity (Wildman–Crippen MR) is 122 cm³/mol. The van der Waals surface area contributed by atoms with E-state index in [1.54, 1.807) is 0 Å². The number of fused-ring (bicyclic) bond motifs is 1. The van der Waals surface area contributed by atoms with Crippen molar-refractivity contribution in [2.75, 3.05) is 49.6 Å². The van der Waals surface area contributed by atoms with E-state index in [2.05, 4.69) is 39.4 Å². The quantitative estimate of drug-likeness (QED) is 0.783. The average Bonchev–Trinajstić information content (AvgIpc) is 3.42. The molecule has 1 amide bonds. The summed E-state index contributed by atoms with van der Waals surface area (Å²) in [5.41, 5.74) is 3.30. The van der Waals surface area contributed by atoms with Crippen LogP contribution >= 0.6 is 0 Å². The van der Waals surface area contributed by atoms with Crippen LogP contribution in [0.2, 0.25) is 0 Å². The van der Waals surface area contributed by atoms with Crippen LogP contribution in [0.1, 0.15) is 43.7 Å². The minimum atomic E-state index is 0.0372. The summed E-state index contributed by atoms with van der Waals surface area (Å²) >= 11 is 0. The Balaban J connectivity index is 1.21. The lowest BCUT2D eigenvalue weighted by molar-refractivity contribution is -0.117. The molecule has 2 saturated heterocycles. The van der Waals surface area contributed by atoms with E-state index in [-0.39, 0.29) is 11.9 Å². The molecule has 3 aliphatic rings. The molecule has 3 heterocycles. The van der Waals surface area contributed by atoms with Crippen molar-refractivity contribution in [3.8, 4) is 11.5 Å². The average molecular weight is 422 g/mol. The first kappa shape index (κ1) is 20.2. The van der Waals surface area contributed by atoms with E-state index < -0.39 is 0 Å². The molecule has 3 aliphatic heterocycles. The maximum atomic E-state index is 12.8. The zero-order valence-corrected chi connectivity index (χ0v) is 18.0. The SMILES string of the molecule is O=C(CN1CCC[C@@H]1c1ccc2c(c1)OCCCO2)Nc1ccc(N2CCCC2)cc1. The molecule has 0 aromatic heterocycles. The number of hydrogen-bond acceptors (Lipinski definition) is 5. The first-order valence-electron chi connectivity index (χ1n) is 11.5. The lowest BCUT2D eigenvalue weighted by atomic mass is 10.0. The zero-order chi connectivity index (χ0) is 21.0. The van der Waals surface area contributed by atoms with Gasteiger partial charge in [-0.2, -0.15) is 0 Å². The first-order chi connectivity index (χ1) is 15.3. The highest BCUT2D eigenvalue weighted by atomic mass is 16.5. The number of carbonyl (C=O) groups excluding carboxylic acids is 1. The molecule has 0 unspecified atom stereocenters. The summed E-state index contributed by atoms with van der Waals surface area (Å²) in [6, 6.07) is 14.7. The molecule has 0 aliphatic carbocycles. The molecule has 1 N–H and O–H groups in total. The standard InChI is InChI=1S/C25H31N3O3/c29-25(26-20-7-9-21(10-8-20)27-12-1-2-13-27)18-28-14-3-5-22(28)19-6-11-23-24(17-19)31-16-4-15-30-23/h6-11,17,22H,1-5,12-16,18H2,(H,26,29)/t22-/m1/s1. The second kappa shape index (κ2) is 9.18. The molecule has 0 saturated carbocycles. The topological polar surface area (TPSA) is 54.0 Å². The molecule has 0 bridgehead atoms. The summed E-state index contributed by atoms with van der Waals surface area (Å²) in [7, 11) is 0. The van der Waals surface area contributed by atoms with Gasteiger partial charge in [-0.3, -0.25) is 9.69 Å². The largest absolute Gasteiger partial charge is 0.490 e. The number of likely N-dealkylation sites (tertiary alicyclic amines) is 1. The molecule has 1 atom stereocenters. The summed E-state index contributed by atoms with van der Waals surface area (Å²) in [4.78, 5) is 17.4. The smallest absolute Gasteiger partial charge is 0.238 e. The number of ether oxygens (including phenoxy) is 2. The zero-order valence-electron chi connectivity index (χ0n) is 18.0. The Morgan fingerprint density at radius 3 is 2.48 bits per heavy atom. The first-order valence-corrected chi connectivity index (χ1v) is 11.5. The monoisotopic (exact) mass is 421 g/mol. The summed E-state index contributed by atoms with van der Waals surface area (Å²) < 4.78 is 11.6. The predicted octanol–water partition coefficient (Wildman–Crippen LogP) is 4.22. The van der Waals surface area contributed by atoms with E-state index in [1.807, 2.05) is 18.2 Å². The van der Waals surface area contributed by atoms with E-state index in [0.717, 1.165) is 56.1 Å². The molecule has 5 rings (SSSR count). The number of benzene rings is 2. The van der Waals surface area contributed by atoms with Gasteiger partial charge in [-0.25, -0.2) is 0 Å². The minimum Gasteiger partial charge on any atom is -0.490 e. The van der Waals surface area contributed by atoms with Crippen LogP contribution in [0, 0.1) is 0 Å². The number of nitrogens with one attached hydrogen (secondary N) is 1. The number of amides is 1. The van der Waals surface area contributed by atoms with Crippen molar-refractivity contribution in [3.63, 3.8) is 0 Å². The Hall–Kier alpha value is -2.73. The maximum absolute atomic E-state index is 12.8. The molecule has 6 heteroatoms. The molecule has 0 spiro atoms. The Kier molecular flexibility index (Phi) is 5.98. The molecule has 6 nitrogen and oxygen atoms in total. The van der Waals surface area contributed by atoms with Gasteiger partial charge in [0.1, 0.15) is 0 Å². The van der Waals surface area contributed by atoms with Gasteiger partial charge in [0.05, 0.1) is 19.8 Å². The number of hydrogen-bond donors (Lipinski definition) is 1. The van der Waals surface area contributed by atoms with Crippen LogP contribution in [0.25, 0.3) is 0 Å².